The Hall–Kier alpha value is -2.55. The molecule has 0 aromatic carbocycles. The van der Waals surface area contributed by atoms with Crippen LogP contribution in [-0.2, 0) is 10.2 Å². The van der Waals surface area contributed by atoms with Crippen molar-refractivity contribution in [2.45, 2.75) is 38.1 Å². The third-order valence-electron chi connectivity index (χ3n) is 6.20. The topological polar surface area (TPSA) is 132 Å². The zero-order chi connectivity index (χ0) is 20.2. The Labute approximate surface area is 168 Å². The van der Waals surface area contributed by atoms with Crippen LogP contribution >= 0.6 is 0 Å². The van der Waals surface area contributed by atoms with E-state index >= 15 is 0 Å². The van der Waals surface area contributed by atoms with Crippen molar-refractivity contribution in [2.75, 3.05) is 13.1 Å². The number of nitrogens with one attached hydrogen (secondary N) is 2. The second-order valence-corrected chi connectivity index (χ2v) is 9.63. The number of H-pyrrole nitrogens is 1. The lowest BCUT2D eigenvalue weighted by Gasteiger charge is -2.34. The summed E-state index contributed by atoms with van der Waals surface area (Å²) in [6, 6.07) is 3.90. The molecule has 1 saturated carbocycles. The summed E-state index contributed by atoms with van der Waals surface area (Å²) in [4.78, 5) is 7.47. The van der Waals surface area contributed by atoms with Crippen molar-refractivity contribution >= 4 is 27.0 Å². The van der Waals surface area contributed by atoms with Gasteiger partial charge >= 0.3 is 0 Å². The van der Waals surface area contributed by atoms with Crippen LogP contribution in [0.15, 0.2) is 18.5 Å². The highest BCUT2D eigenvalue weighted by Gasteiger charge is 2.42. The van der Waals surface area contributed by atoms with Crippen LogP contribution in [0, 0.1) is 23.2 Å². The second kappa shape index (κ2) is 6.76. The second-order valence-electron chi connectivity index (χ2n) is 7.93. The molecule has 0 amide bonds. The van der Waals surface area contributed by atoms with Crippen molar-refractivity contribution in [1.82, 2.24) is 33.6 Å². The standard InChI is InChI=1S/C18H22N8O2S/c1-2-12-5-13(24-29(27,28)25-9-11(7-19)10-25)6-14(12)18-23-22-16-8-21-17-15(26(16)18)3-4-20-17/h3-4,8,11-14,20,24H,2,5-6,9-10H2,1H3/t12-,13+,14?/m1/s1. The van der Waals surface area contributed by atoms with E-state index < -0.39 is 10.2 Å². The molecule has 10 nitrogen and oxygen atoms in total. The van der Waals surface area contributed by atoms with Gasteiger partial charge in [0.15, 0.2) is 11.3 Å². The smallest absolute Gasteiger partial charge is 0.279 e. The molecule has 1 unspecified atom stereocenters. The summed E-state index contributed by atoms with van der Waals surface area (Å²) in [5.41, 5.74) is 2.38. The SMILES string of the molecule is CC[C@@H]1C[C@H](NS(=O)(=O)N2CC(C#N)C2)CC1c1nnc2cnc3[nH]ccc3n12. The minimum absolute atomic E-state index is 0.103. The molecule has 29 heavy (non-hydrogen) atoms. The van der Waals surface area contributed by atoms with E-state index in [1.807, 2.05) is 16.7 Å². The van der Waals surface area contributed by atoms with Crippen LogP contribution in [0.3, 0.4) is 0 Å². The highest BCUT2D eigenvalue weighted by molar-refractivity contribution is 7.87. The summed E-state index contributed by atoms with van der Waals surface area (Å²) in [6.45, 7) is 2.66. The normalized spacial score (nSPS) is 26.1. The largest absolute Gasteiger partial charge is 0.345 e. The fourth-order valence-electron chi connectivity index (χ4n) is 4.63. The Morgan fingerprint density at radius 1 is 1.34 bits per heavy atom. The maximum absolute atomic E-state index is 12.6. The van der Waals surface area contributed by atoms with Gasteiger partial charge in [-0.25, -0.2) is 4.98 Å². The van der Waals surface area contributed by atoms with E-state index in [4.69, 9.17) is 5.26 Å². The predicted molar refractivity (Wildman–Crippen MR) is 105 cm³/mol. The molecule has 0 radical (unpaired) electrons. The number of rotatable bonds is 5. The van der Waals surface area contributed by atoms with Gasteiger partial charge in [-0.1, -0.05) is 13.3 Å². The Morgan fingerprint density at radius 2 is 2.17 bits per heavy atom. The molecule has 0 spiro atoms. The molecule has 3 atom stereocenters. The van der Waals surface area contributed by atoms with Gasteiger partial charge in [0.1, 0.15) is 5.82 Å². The molecule has 2 fully saturated rings. The van der Waals surface area contributed by atoms with Gasteiger partial charge in [-0.2, -0.15) is 22.7 Å². The summed E-state index contributed by atoms with van der Waals surface area (Å²) < 4.78 is 31.5. The van der Waals surface area contributed by atoms with E-state index in [9.17, 15) is 8.42 Å². The first-order chi connectivity index (χ1) is 14.0. The molecule has 2 aliphatic rings. The lowest BCUT2D eigenvalue weighted by Crippen LogP contribution is -2.55. The average Bonchev–Trinajstić information content (AvgIpc) is 3.36. The molecule has 4 heterocycles. The minimum atomic E-state index is -3.57. The number of hydrogen-bond acceptors (Lipinski definition) is 6. The molecule has 3 aromatic rings. The predicted octanol–water partition coefficient (Wildman–Crippen LogP) is 1.17. The summed E-state index contributed by atoms with van der Waals surface area (Å²) in [5.74, 6) is 1.06. The van der Waals surface area contributed by atoms with Crippen LogP contribution in [0.1, 0.15) is 37.9 Å². The van der Waals surface area contributed by atoms with Gasteiger partial charge in [0.05, 0.1) is 23.7 Å². The number of hydrogen-bond donors (Lipinski definition) is 2. The molecule has 0 bridgehead atoms. The number of nitriles is 1. The molecule has 1 aliphatic carbocycles. The van der Waals surface area contributed by atoms with Crippen LogP contribution in [0.5, 0.6) is 0 Å². The van der Waals surface area contributed by atoms with Crippen molar-refractivity contribution in [3.05, 3.63) is 24.3 Å². The Bertz CT molecular complexity index is 1200. The molecule has 152 valence electrons. The lowest BCUT2D eigenvalue weighted by molar-refractivity contribution is 0.243. The van der Waals surface area contributed by atoms with E-state index in [2.05, 4.69) is 37.9 Å². The molecular formula is C18H22N8O2S. The highest BCUT2D eigenvalue weighted by atomic mass is 32.2. The van der Waals surface area contributed by atoms with E-state index in [1.54, 1.807) is 6.20 Å². The van der Waals surface area contributed by atoms with Gasteiger partial charge in [-0.15, -0.1) is 10.2 Å². The highest BCUT2D eigenvalue weighted by Crippen LogP contribution is 2.41. The minimum Gasteiger partial charge on any atom is -0.345 e. The third kappa shape index (κ3) is 2.99. The van der Waals surface area contributed by atoms with Crippen LogP contribution < -0.4 is 4.72 Å². The monoisotopic (exact) mass is 414 g/mol. The maximum Gasteiger partial charge on any atom is 0.279 e. The molecular weight excluding hydrogens is 392 g/mol. The van der Waals surface area contributed by atoms with Gasteiger partial charge in [-0.05, 0) is 24.8 Å². The molecule has 5 rings (SSSR count). The van der Waals surface area contributed by atoms with Crippen molar-refractivity contribution < 1.29 is 8.42 Å². The van der Waals surface area contributed by atoms with Crippen LogP contribution in [0.25, 0.3) is 16.8 Å². The summed E-state index contributed by atoms with van der Waals surface area (Å²) in [7, 11) is -3.57. The van der Waals surface area contributed by atoms with Crippen molar-refractivity contribution in [3.63, 3.8) is 0 Å². The third-order valence-corrected chi connectivity index (χ3v) is 7.81. The van der Waals surface area contributed by atoms with Crippen molar-refractivity contribution in [3.8, 4) is 6.07 Å². The molecule has 1 aliphatic heterocycles. The number of aromatic nitrogens is 5. The zero-order valence-electron chi connectivity index (χ0n) is 16.0. The summed E-state index contributed by atoms with van der Waals surface area (Å²) in [6.07, 6.45) is 5.89. The Morgan fingerprint density at radius 3 is 2.93 bits per heavy atom. The van der Waals surface area contributed by atoms with Crippen LogP contribution in [-0.4, -0.2) is 56.4 Å². The van der Waals surface area contributed by atoms with Crippen LogP contribution in [0.4, 0.5) is 0 Å². The first-order valence-corrected chi connectivity index (χ1v) is 11.3. The average molecular weight is 414 g/mol. The van der Waals surface area contributed by atoms with Crippen LogP contribution in [0.2, 0.25) is 0 Å². The molecule has 11 heteroatoms. The number of nitrogens with zero attached hydrogens (tertiary/aromatic N) is 6. The molecule has 1 saturated heterocycles. The van der Waals surface area contributed by atoms with Gasteiger partial charge in [0, 0.05) is 31.2 Å². The Kier molecular flexibility index (Phi) is 4.31. The number of aromatic amines is 1. The van der Waals surface area contributed by atoms with Crippen molar-refractivity contribution in [2.24, 2.45) is 11.8 Å². The zero-order valence-corrected chi connectivity index (χ0v) is 16.8. The van der Waals surface area contributed by atoms with E-state index in [0.717, 1.165) is 29.8 Å². The molecule has 2 N–H and O–H groups in total. The summed E-state index contributed by atoms with van der Waals surface area (Å²) in [5, 5.41) is 17.6. The maximum atomic E-state index is 12.6. The van der Waals surface area contributed by atoms with Gasteiger partial charge in [0.25, 0.3) is 10.2 Å². The van der Waals surface area contributed by atoms with Gasteiger partial charge < -0.3 is 4.98 Å². The van der Waals surface area contributed by atoms with Gasteiger partial charge in [-0.3, -0.25) is 4.40 Å². The lowest BCUT2D eigenvalue weighted by atomic mass is 9.93. The first kappa shape index (κ1) is 18.5. The summed E-state index contributed by atoms with van der Waals surface area (Å²) >= 11 is 0. The number of fused-ring (bicyclic) bond motifs is 3. The van der Waals surface area contributed by atoms with E-state index in [1.165, 1.54) is 4.31 Å². The quantitative estimate of drug-likeness (QED) is 0.644. The fraction of sp³-hybridized carbons (Fsp3) is 0.556. The van der Waals surface area contributed by atoms with Crippen molar-refractivity contribution in [1.29, 1.82) is 5.26 Å². The van der Waals surface area contributed by atoms with E-state index in [0.29, 0.717) is 18.0 Å². The fourth-order valence-corrected chi connectivity index (χ4v) is 6.14. The van der Waals surface area contributed by atoms with Gasteiger partial charge in [0.2, 0.25) is 0 Å². The van der Waals surface area contributed by atoms with E-state index in [-0.39, 0.29) is 31.0 Å². The molecule has 3 aromatic heterocycles. The first-order valence-electron chi connectivity index (χ1n) is 9.84. The Balaban J connectivity index is 1.41.